The van der Waals surface area contributed by atoms with Gasteiger partial charge in [-0.2, -0.15) is 0 Å². The van der Waals surface area contributed by atoms with E-state index >= 15 is 4.39 Å². The third kappa shape index (κ3) is 5.80. The number of pyridine rings is 1. The van der Waals surface area contributed by atoms with Crippen LogP contribution in [0.2, 0.25) is 10.0 Å². The van der Waals surface area contributed by atoms with Crippen molar-refractivity contribution in [1.82, 2.24) is 30.6 Å². The van der Waals surface area contributed by atoms with Crippen LogP contribution in [-0.2, 0) is 11.8 Å². The van der Waals surface area contributed by atoms with E-state index in [1.807, 2.05) is 0 Å². The molecule has 1 atom stereocenters. The highest BCUT2D eigenvalue weighted by molar-refractivity contribution is 6.36. The number of benzene rings is 1. The molecule has 0 unspecified atom stereocenters. The Morgan fingerprint density at radius 2 is 1.95 bits per heavy atom. The Morgan fingerprint density at radius 1 is 1.22 bits per heavy atom. The molecule has 1 aliphatic carbocycles. The maximum absolute atomic E-state index is 15.1. The Morgan fingerprint density at radius 3 is 2.54 bits per heavy atom. The van der Waals surface area contributed by atoms with Crippen LogP contribution in [0.4, 0.5) is 13.2 Å². The number of halogens is 5. The first-order valence-corrected chi connectivity index (χ1v) is 11.8. The summed E-state index contributed by atoms with van der Waals surface area (Å²) >= 11 is 12.2. The van der Waals surface area contributed by atoms with E-state index in [1.54, 1.807) is 14.0 Å². The highest BCUT2D eigenvalue weighted by Gasteiger charge is 2.52. The Bertz CT molecular complexity index is 1350. The number of amides is 2. The molecule has 1 fully saturated rings. The van der Waals surface area contributed by atoms with Gasteiger partial charge in [0.25, 0.3) is 12.3 Å². The van der Waals surface area contributed by atoms with Crippen molar-refractivity contribution in [2.45, 2.75) is 37.8 Å². The molecule has 2 N–H and O–H groups in total. The molecule has 2 heterocycles. The number of hydrogen-bond donors (Lipinski definition) is 2. The van der Waals surface area contributed by atoms with Crippen LogP contribution in [0.1, 0.15) is 42.0 Å². The second kappa shape index (κ2) is 10.5. The molecule has 0 aliphatic heterocycles. The van der Waals surface area contributed by atoms with E-state index in [2.05, 4.69) is 25.9 Å². The maximum Gasteiger partial charge on any atom is 0.272 e. The van der Waals surface area contributed by atoms with Crippen molar-refractivity contribution in [2.24, 2.45) is 7.05 Å². The van der Waals surface area contributed by atoms with Crippen molar-refractivity contribution in [3.63, 3.8) is 0 Å². The van der Waals surface area contributed by atoms with Crippen LogP contribution in [0.15, 0.2) is 30.6 Å². The number of carbonyl (C=O) groups excluding carboxylic acids is 2. The van der Waals surface area contributed by atoms with Gasteiger partial charge in [0.15, 0.2) is 0 Å². The third-order valence-electron chi connectivity index (χ3n) is 5.78. The van der Waals surface area contributed by atoms with Crippen molar-refractivity contribution in [2.75, 3.05) is 6.61 Å². The van der Waals surface area contributed by atoms with Gasteiger partial charge in [0.05, 0.1) is 23.0 Å². The lowest BCUT2D eigenvalue weighted by molar-refractivity contribution is -0.124. The second-order valence-electron chi connectivity index (χ2n) is 8.53. The summed E-state index contributed by atoms with van der Waals surface area (Å²) in [7, 11) is 1.55. The number of aromatic nitrogens is 4. The topological polar surface area (TPSA) is 111 Å². The summed E-state index contributed by atoms with van der Waals surface area (Å²) in [6, 6.07) is 2.98. The van der Waals surface area contributed by atoms with Gasteiger partial charge < -0.3 is 15.4 Å². The van der Waals surface area contributed by atoms with Gasteiger partial charge in [0, 0.05) is 29.4 Å². The Balaban J connectivity index is 1.50. The highest BCUT2D eigenvalue weighted by Crippen LogP contribution is 2.40. The monoisotopic (exact) mass is 556 g/mol. The number of nitrogens with zero attached hydrogens (tertiary/aromatic N) is 4. The zero-order chi connectivity index (χ0) is 26.9. The van der Waals surface area contributed by atoms with Crippen LogP contribution in [0, 0.1) is 5.82 Å². The fourth-order valence-electron chi connectivity index (χ4n) is 3.70. The lowest BCUT2D eigenvalue weighted by Crippen LogP contribution is -2.50. The predicted octanol–water partition coefficient (Wildman–Crippen LogP) is 4.11. The largest absolute Gasteiger partial charge is 0.485 e. The predicted molar refractivity (Wildman–Crippen MR) is 128 cm³/mol. The van der Waals surface area contributed by atoms with Gasteiger partial charge in [-0.25, -0.2) is 17.9 Å². The maximum atomic E-state index is 15.1. The first kappa shape index (κ1) is 26.7. The number of hydrogen-bond acceptors (Lipinski definition) is 6. The summed E-state index contributed by atoms with van der Waals surface area (Å²) < 4.78 is 46.9. The summed E-state index contributed by atoms with van der Waals surface area (Å²) in [6.45, 7) is 0.625. The molecule has 0 spiro atoms. The Kier molecular flexibility index (Phi) is 7.60. The molecule has 1 aliphatic rings. The van der Waals surface area contributed by atoms with E-state index in [0.29, 0.717) is 12.8 Å². The zero-order valence-electron chi connectivity index (χ0n) is 19.6. The van der Waals surface area contributed by atoms with E-state index in [0.717, 1.165) is 6.07 Å². The molecule has 1 saturated carbocycles. The fraction of sp³-hybridized carbons (Fsp3) is 0.348. The average molecular weight is 557 g/mol. The molecule has 2 aromatic heterocycles. The van der Waals surface area contributed by atoms with E-state index in [-0.39, 0.29) is 38.3 Å². The van der Waals surface area contributed by atoms with Gasteiger partial charge in [-0.3, -0.25) is 14.6 Å². The van der Waals surface area contributed by atoms with E-state index < -0.39 is 42.2 Å². The van der Waals surface area contributed by atoms with Crippen LogP contribution in [0.5, 0.6) is 5.75 Å². The summed E-state index contributed by atoms with van der Waals surface area (Å²) in [4.78, 5) is 29.6. The van der Waals surface area contributed by atoms with Crippen molar-refractivity contribution in [3.05, 3.63) is 57.8 Å². The van der Waals surface area contributed by atoms with Gasteiger partial charge in [0.1, 0.15) is 29.4 Å². The summed E-state index contributed by atoms with van der Waals surface area (Å²) in [6.07, 6.45) is 0.649. The molecule has 14 heteroatoms. The molecule has 0 bridgehead atoms. The summed E-state index contributed by atoms with van der Waals surface area (Å²) in [5, 5.41) is 12.9. The van der Waals surface area contributed by atoms with E-state index in [4.69, 9.17) is 27.9 Å². The summed E-state index contributed by atoms with van der Waals surface area (Å²) in [5.74, 6) is -1.85. The average Bonchev–Trinajstić information content (AvgIpc) is 3.48. The molecule has 0 saturated heterocycles. The van der Waals surface area contributed by atoms with Crippen molar-refractivity contribution in [1.29, 1.82) is 0 Å². The van der Waals surface area contributed by atoms with Crippen LogP contribution in [-0.4, -0.2) is 50.4 Å². The van der Waals surface area contributed by atoms with Crippen LogP contribution >= 0.6 is 23.2 Å². The number of rotatable bonds is 9. The van der Waals surface area contributed by atoms with E-state index in [1.165, 1.54) is 29.2 Å². The number of aryl methyl sites for hydroxylation is 1. The molecular weight excluding hydrogens is 536 g/mol. The standard InChI is InChI=1S/C23H21Cl2F3N6O3/c1-11(31-22(36)23(3-4-23)32-21(35)17-9-30-33-34(17)2)19-16(26)5-12(8-29-19)14-6-13(24)7-15(25)20(14)37-10-18(27)28/h5-9,11,18H,3-4,10H2,1-2H3,(H,31,36)(H,32,35)/t11-/m1/s1. The fourth-order valence-corrected chi connectivity index (χ4v) is 4.24. The van der Waals surface area contributed by atoms with E-state index in [9.17, 15) is 18.4 Å². The van der Waals surface area contributed by atoms with Crippen molar-refractivity contribution in [3.8, 4) is 16.9 Å². The molecular formula is C23H21Cl2F3N6O3. The molecule has 37 heavy (non-hydrogen) atoms. The SMILES string of the molecule is C[C@@H](NC(=O)C1(NC(=O)c2cnnn2C)CC1)c1ncc(-c2cc(Cl)cc(Cl)c2OCC(F)F)cc1F. The first-order valence-electron chi connectivity index (χ1n) is 11.0. The van der Waals surface area contributed by atoms with Crippen molar-refractivity contribution >= 4 is 35.0 Å². The lowest BCUT2D eigenvalue weighted by Gasteiger charge is -2.21. The third-order valence-corrected chi connectivity index (χ3v) is 6.28. The quantitative estimate of drug-likeness (QED) is 0.410. The van der Waals surface area contributed by atoms with Crippen LogP contribution in [0.3, 0.4) is 0 Å². The van der Waals surface area contributed by atoms with Gasteiger partial charge in [-0.1, -0.05) is 28.4 Å². The molecule has 2 amide bonds. The number of carbonyl (C=O) groups is 2. The lowest BCUT2D eigenvalue weighted by atomic mass is 10.0. The van der Waals surface area contributed by atoms with Crippen LogP contribution in [0.25, 0.3) is 11.1 Å². The Hall–Kier alpha value is -3.38. The van der Waals surface area contributed by atoms with Gasteiger partial charge in [-0.15, -0.1) is 5.10 Å². The molecule has 3 aromatic rings. The number of nitrogens with one attached hydrogen (secondary N) is 2. The minimum Gasteiger partial charge on any atom is -0.485 e. The van der Waals surface area contributed by atoms with Crippen molar-refractivity contribution < 1.29 is 27.5 Å². The first-order chi connectivity index (χ1) is 17.5. The highest BCUT2D eigenvalue weighted by atomic mass is 35.5. The number of ether oxygens (including phenoxy) is 1. The zero-order valence-corrected chi connectivity index (χ0v) is 21.1. The summed E-state index contributed by atoms with van der Waals surface area (Å²) in [5.41, 5.74) is -0.645. The minimum atomic E-state index is -2.75. The number of alkyl halides is 2. The minimum absolute atomic E-state index is 0.0213. The smallest absolute Gasteiger partial charge is 0.272 e. The molecule has 0 radical (unpaired) electrons. The van der Waals surface area contributed by atoms with Gasteiger partial charge >= 0.3 is 0 Å². The Labute approximate surface area is 219 Å². The molecule has 9 nitrogen and oxygen atoms in total. The van der Waals surface area contributed by atoms with Crippen LogP contribution < -0.4 is 15.4 Å². The molecule has 4 rings (SSSR count). The molecule has 196 valence electrons. The second-order valence-corrected chi connectivity index (χ2v) is 9.38. The molecule has 1 aromatic carbocycles. The normalized spacial score (nSPS) is 14.8. The van der Waals surface area contributed by atoms with Gasteiger partial charge in [0.2, 0.25) is 5.91 Å². The van der Waals surface area contributed by atoms with Gasteiger partial charge in [-0.05, 0) is 38.0 Å².